The van der Waals surface area contributed by atoms with E-state index >= 15 is 0 Å². The van der Waals surface area contributed by atoms with Gasteiger partial charge in [-0.3, -0.25) is 18.5 Å². The lowest BCUT2D eigenvalue weighted by Gasteiger charge is -2.23. The number of hydrogen-bond donors (Lipinski definition) is 1. The molecule has 11 heteroatoms. The summed E-state index contributed by atoms with van der Waals surface area (Å²) in [5, 5.41) is 3.43. The van der Waals surface area contributed by atoms with E-state index in [-0.39, 0.29) is 24.1 Å². The second-order valence-corrected chi connectivity index (χ2v) is 10.8. The van der Waals surface area contributed by atoms with Crippen molar-refractivity contribution in [3.05, 3.63) is 54.2 Å². The molecule has 3 aromatic rings. The number of aryl methyl sites for hydroxylation is 1. The van der Waals surface area contributed by atoms with E-state index in [9.17, 15) is 9.59 Å². The maximum absolute atomic E-state index is 13.8. The van der Waals surface area contributed by atoms with Crippen LogP contribution in [-0.4, -0.2) is 64.4 Å². The number of ether oxygens (including phenoxy) is 2. The SMILES string of the molecule is Cn1c(=O)n(CCCOC2CCCCO2)c(=O)c2c1nc(N1CCCNCC1)n2Cc1ccccc1I. The Labute approximate surface area is 229 Å². The van der Waals surface area contributed by atoms with Crippen molar-refractivity contribution in [3.8, 4) is 0 Å². The fourth-order valence-corrected chi connectivity index (χ4v) is 5.63. The molecule has 1 atom stereocenters. The molecule has 200 valence electrons. The molecule has 1 unspecified atom stereocenters. The number of nitrogens with zero attached hydrogens (tertiary/aromatic N) is 5. The zero-order valence-electron chi connectivity index (χ0n) is 21.3. The van der Waals surface area contributed by atoms with Crippen LogP contribution in [-0.2, 0) is 29.6 Å². The van der Waals surface area contributed by atoms with Crippen LogP contribution in [0.5, 0.6) is 0 Å². The van der Waals surface area contributed by atoms with Crippen molar-refractivity contribution in [3.63, 3.8) is 0 Å². The monoisotopic (exact) mass is 622 g/mol. The van der Waals surface area contributed by atoms with Gasteiger partial charge in [-0.2, -0.15) is 4.98 Å². The highest BCUT2D eigenvalue weighted by atomic mass is 127. The Hall–Kier alpha value is -2.22. The Morgan fingerprint density at radius 2 is 2.00 bits per heavy atom. The summed E-state index contributed by atoms with van der Waals surface area (Å²) >= 11 is 2.33. The summed E-state index contributed by atoms with van der Waals surface area (Å²) in [5.74, 6) is 0.737. The number of imidazole rings is 1. The van der Waals surface area contributed by atoms with Crippen molar-refractivity contribution in [2.24, 2.45) is 7.05 Å². The van der Waals surface area contributed by atoms with Crippen LogP contribution < -0.4 is 21.5 Å². The molecule has 5 rings (SSSR count). The highest BCUT2D eigenvalue weighted by Crippen LogP contribution is 2.24. The average Bonchev–Trinajstić information content (AvgIpc) is 3.08. The molecule has 0 saturated carbocycles. The van der Waals surface area contributed by atoms with Crippen molar-refractivity contribution < 1.29 is 9.47 Å². The van der Waals surface area contributed by atoms with E-state index in [0.29, 0.717) is 30.7 Å². The van der Waals surface area contributed by atoms with Crippen molar-refractivity contribution in [1.29, 1.82) is 0 Å². The van der Waals surface area contributed by atoms with Crippen LogP contribution in [0.2, 0.25) is 0 Å². The minimum atomic E-state index is -0.352. The summed E-state index contributed by atoms with van der Waals surface area (Å²) in [5.41, 5.74) is 1.35. The largest absolute Gasteiger partial charge is 0.353 e. The van der Waals surface area contributed by atoms with Gasteiger partial charge in [0.1, 0.15) is 0 Å². The number of aromatic nitrogens is 4. The molecule has 1 N–H and O–H groups in total. The number of fused-ring (bicyclic) bond motifs is 1. The zero-order valence-corrected chi connectivity index (χ0v) is 23.5. The van der Waals surface area contributed by atoms with Crippen LogP contribution in [0.3, 0.4) is 0 Å². The number of anilines is 1. The molecule has 2 aliphatic rings. The summed E-state index contributed by atoms with van der Waals surface area (Å²) < 4.78 is 17.4. The summed E-state index contributed by atoms with van der Waals surface area (Å²) in [4.78, 5) is 34.2. The minimum Gasteiger partial charge on any atom is -0.353 e. The topological polar surface area (TPSA) is 95.5 Å². The molecule has 0 aliphatic carbocycles. The summed E-state index contributed by atoms with van der Waals surface area (Å²) in [6, 6.07) is 8.16. The molecule has 0 bridgehead atoms. The lowest BCUT2D eigenvalue weighted by molar-refractivity contribution is -0.163. The highest BCUT2D eigenvalue weighted by molar-refractivity contribution is 14.1. The first-order valence-corrected chi connectivity index (χ1v) is 14.2. The van der Waals surface area contributed by atoms with E-state index in [4.69, 9.17) is 14.5 Å². The van der Waals surface area contributed by atoms with Crippen LogP contribution in [0.1, 0.15) is 37.7 Å². The second-order valence-electron chi connectivity index (χ2n) is 9.67. The first-order chi connectivity index (χ1) is 18.0. The van der Waals surface area contributed by atoms with Gasteiger partial charge in [0.05, 0.1) is 13.2 Å². The normalized spacial score (nSPS) is 18.9. The Bertz CT molecular complexity index is 1340. The number of benzene rings is 1. The van der Waals surface area contributed by atoms with Crippen LogP contribution in [0.4, 0.5) is 5.95 Å². The van der Waals surface area contributed by atoms with Gasteiger partial charge in [-0.15, -0.1) is 0 Å². The maximum atomic E-state index is 13.8. The predicted octanol–water partition coefficient (Wildman–Crippen LogP) is 2.28. The highest BCUT2D eigenvalue weighted by Gasteiger charge is 2.24. The average molecular weight is 623 g/mol. The zero-order chi connectivity index (χ0) is 25.8. The van der Waals surface area contributed by atoms with Gasteiger partial charge in [-0.05, 0) is 72.9 Å². The van der Waals surface area contributed by atoms with Gasteiger partial charge in [0.15, 0.2) is 17.5 Å². The predicted molar refractivity (Wildman–Crippen MR) is 151 cm³/mol. The molecule has 2 aromatic heterocycles. The smallest absolute Gasteiger partial charge is 0.332 e. The third-order valence-electron chi connectivity index (χ3n) is 7.09. The van der Waals surface area contributed by atoms with Crippen LogP contribution >= 0.6 is 22.6 Å². The minimum absolute atomic E-state index is 0.184. The van der Waals surface area contributed by atoms with E-state index in [0.717, 1.165) is 73.6 Å². The number of rotatable bonds is 8. The van der Waals surface area contributed by atoms with E-state index < -0.39 is 0 Å². The molecule has 1 aromatic carbocycles. The van der Waals surface area contributed by atoms with Gasteiger partial charge in [-0.1, -0.05) is 18.2 Å². The third kappa shape index (κ3) is 5.79. The first kappa shape index (κ1) is 26.4. The van der Waals surface area contributed by atoms with E-state index in [2.05, 4.69) is 44.9 Å². The van der Waals surface area contributed by atoms with Crippen molar-refractivity contribution in [2.75, 3.05) is 44.3 Å². The second kappa shape index (κ2) is 12.1. The Morgan fingerprint density at radius 1 is 1.14 bits per heavy atom. The molecular formula is C26H35IN6O4. The molecule has 2 fully saturated rings. The van der Waals surface area contributed by atoms with Gasteiger partial charge >= 0.3 is 5.69 Å². The van der Waals surface area contributed by atoms with Crippen LogP contribution in [0, 0.1) is 3.57 Å². The van der Waals surface area contributed by atoms with E-state index in [1.54, 1.807) is 7.05 Å². The number of hydrogen-bond acceptors (Lipinski definition) is 7. The lowest BCUT2D eigenvalue weighted by Crippen LogP contribution is -2.40. The van der Waals surface area contributed by atoms with Gasteiger partial charge in [0.2, 0.25) is 5.95 Å². The van der Waals surface area contributed by atoms with Gasteiger partial charge in [0.25, 0.3) is 5.56 Å². The number of halogens is 1. The molecule has 0 spiro atoms. The fourth-order valence-electron chi connectivity index (χ4n) is 5.07. The summed E-state index contributed by atoms with van der Waals surface area (Å²) in [6.07, 6.45) is 4.41. The molecule has 4 heterocycles. The molecule has 0 amide bonds. The summed E-state index contributed by atoms with van der Waals surface area (Å²) in [7, 11) is 1.70. The Kier molecular flexibility index (Phi) is 8.63. The Balaban J connectivity index is 1.51. The molecule has 37 heavy (non-hydrogen) atoms. The standard InChI is InChI=1S/C26H35IN6O4/c1-30-23-22(24(34)32(26(30)35)14-7-17-37-21-10-4-5-16-36-21)33(18-19-8-2-3-9-20(19)27)25(29-23)31-13-6-11-28-12-15-31/h2-3,8-9,21,28H,4-7,10-18H2,1H3. The fraction of sp³-hybridized carbons (Fsp3) is 0.577. The van der Waals surface area contributed by atoms with E-state index in [1.165, 1.54) is 9.13 Å². The lowest BCUT2D eigenvalue weighted by atomic mass is 10.2. The molecule has 2 saturated heterocycles. The maximum Gasteiger partial charge on any atom is 0.332 e. The Morgan fingerprint density at radius 3 is 2.81 bits per heavy atom. The van der Waals surface area contributed by atoms with Gasteiger partial charge in [0, 0.05) is 43.4 Å². The molecule has 10 nitrogen and oxygen atoms in total. The van der Waals surface area contributed by atoms with E-state index in [1.807, 2.05) is 16.7 Å². The van der Waals surface area contributed by atoms with Crippen LogP contribution in [0.25, 0.3) is 11.2 Å². The first-order valence-electron chi connectivity index (χ1n) is 13.2. The van der Waals surface area contributed by atoms with Crippen molar-refractivity contribution in [2.45, 2.75) is 51.5 Å². The van der Waals surface area contributed by atoms with Gasteiger partial charge < -0.3 is 19.7 Å². The van der Waals surface area contributed by atoms with Gasteiger partial charge in [-0.25, -0.2) is 4.79 Å². The van der Waals surface area contributed by atoms with Crippen molar-refractivity contribution >= 4 is 39.7 Å². The molecular weight excluding hydrogens is 587 g/mol. The molecule has 0 radical (unpaired) electrons. The number of nitrogens with one attached hydrogen (secondary N) is 1. The molecule has 2 aliphatic heterocycles. The summed E-state index contributed by atoms with van der Waals surface area (Å²) in [6.45, 7) is 5.37. The van der Waals surface area contributed by atoms with Crippen molar-refractivity contribution in [1.82, 2.24) is 24.0 Å². The van der Waals surface area contributed by atoms with Crippen LogP contribution in [0.15, 0.2) is 33.9 Å². The quantitative estimate of drug-likeness (QED) is 0.305. The third-order valence-corrected chi connectivity index (χ3v) is 8.14.